The summed E-state index contributed by atoms with van der Waals surface area (Å²) in [5.74, 6) is 0. The fraction of sp³-hybridized carbons (Fsp3) is 0.217. The molecular weight excluding hydrogens is 418 g/mol. The lowest BCUT2D eigenvalue weighted by atomic mass is 10.1. The molecule has 0 spiro atoms. The van der Waals surface area contributed by atoms with E-state index >= 15 is 0 Å². The van der Waals surface area contributed by atoms with E-state index in [2.05, 4.69) is 9.88 Å². The number of H-pyrrole nitrogens is 1. The third-order valence-corrected chi connectivity index (χ3v) is 7.58. The van der Waals surface area contributed by atoms with Gasteiger partial charge in [0.25, 0.3) is 10.0 Å². The number of nitrogens with zero attached hydrogens (tertiary/aromatic N) is 2. The molecule has 7 heteroatoms. The Kier molecular flexibility index (Phi) is 5.49. The maximum absolute atomic E-state index is 13.5. The van der Waals surface area contributed by atoms with Crippen LogP contribution in [0.25, 0.3) is 21.7 Å². The van der Waals surface area contributed by atoms with E-state index < -0.39 is 10.0 Å². The normalized spacial score (nSPS) is 12.2. The van der Waals surface area contributed by atoms with E-state index in [0.717, 1.165) is 29.3 Å². The second-order valence-electron chi connectivity index (χ2n) is 7.66. The number of aromatic amines is 1. The van der Waals surface area contributed by atoms with Gasteiger partial charge in [0.2, 0.25) is 0 Å². The third kappa shape index (κ3) is 3.67. The predicted molar refractivity (Wildman–Crippen MR) is 125 cm³/mol. The zero-order chi connectivity index (χ0) is 21.5. The van der Waals surface area contributed by atoms with Gasteiger partial charge in [-0.05, 0) is 56.4 Å². The van der Waals surface area contributed by atoms with Crippen LogP contribution in [0.15, 0.2) is 65.7 Å². The van der Waals surface area contributed by atoms with Crippen LogP contribution in [0.4, 0.5) is 5.69 Å². The molecule has 0 radical (unpaired) electrons. The van der Waals surface area contributed by atoms with Crippen molar-refractivity contribution < 1.29 is 8.42 Å². The predicted octanol–water partition coefficient (Wildman–Crippen LogP) is 4.90. The van der Waals surface area contributed by atoms with Crippen LogP contribution in [0.1, 0.15) is 5.56 Å². The number of likely N-dealkylation sites (N-methyl/N-ethyl adjacent to an activating group) is 1. The number of sulfonamides is 1. The average molecular weight is 442 g/mol. The number of nitrogens with one attached hydrogen (secondary N) is 1. The van der Waals surface area contributed by atoms with Gasteiger partial charge in [-0.1, -0.05) is 35.9 Å². The molecule has 4 rings (SSSR count). The summed E-state index contributed by atoms with van der Waals surface area (Å²) in [6.07, 6.45) is 2.88. The standard InChI is InChI=1S/C23H24ClN3O2S/c1-26(2)13-12-16-15-25-22-11-10-17(14-20(16)22)27(3)30(28,29)23-9-5-6-18-19(23)7-4-8-21(18)24/h4-11,14-15,25H,12-13H2,1-3H3. The highest BCUT2D eigenvalue weighted by Gasteiger charge is 2.24. The van der Waals surface area contributed by atoms with E-state index in [1.54, 1.807) is 37.4 Å². The second-order valence-corrected chi connectivity index (χ2v) is 10.0. The molecule has 0 bridgehead atoms. The first-order valence-electron chi connectivity index (χ1n) is 9.70. The molecule has 0 saturated heterocycles. The number of benzene rings is 3. The highest BCUT2D eigenvalue weighted by molar-refractivity contribution is 7.93. The fourth-order valence-corrected chi connectivity index (χ4v) is 5.30. The van der Waals surface area contributed by atoms with Crippen molar-refractivity contribution in [2.75, 3.05) is 32.0 Å². The smallest absolute Gasteiger partial charge is 0.264 e. The lowest BCUT2D eigenvalue weighted by molar-refractivity contribution is 0.414. The number of rotatable bonds is 6. The third-order valence-electron chi connectivity index (χ3n) is 5.41. The second kappa shape index (κ2) is 7.95. The van der Waals surface area contributed by atoms with Gasteiger partial charge in [0.1, 0.15) is 0 Å². The molecule has 3 aromatic carbocycles. The maximum Gasteiger partial charge on any atom is 0.264 e. The van der Waals surface area contributed by atoms with Gasteiger partial charge in [0.15, 0.2) is 0 Å². The van der Waals surface area contributed by atoms with Crippen LogP contribution in [-0.2, 0) is 16.4 Å². The number of hydrogen-bond donors (Lipinski definition) is 1. The van der Waals surface area contributed by atoms with E-state index in [4.69, 9.17) is 11.6 Å². The largest absolute Gasteiger partial charge is 0.361 e. The van der Waals surface area contributed by atoms with Crippen molar-refractivity contribution in [3.63, 3.8) is 0 Å². The monoisotopic (exact) mass is 441 g/mol. The minimum atomic E-state index is -3.77. The Bertz CT molecular complexity index is 1330. The van der Waals surface area contributed by atoms with Gasteiger partial charge in [-0.3, -0.25) is 4.31 Å². The Morgan fingerprint density at radius 1 is 0.933 bits per heavy atom. The van der Waals surface area contributed by atoms with Crippen LogP contribution in [0.5, 0.6) is 0 Å². The SMILES string of the molecule is CN(C)CCc1c[nH]c2ccc(N(C)S(=O)(=O)c3cccc4c(Cl)cccc34)cc12. The van der Waals surface area contributed by atoms with Crippen molar-refractivity contribution in [1.82, 2.24) is 9.88 Å². The van der Waals surface area contributed by atoms with Gasteiger partial charge < -0.3 is 9.88 Å². The van der Waals surface area contributed by atoms with E-state index in [9.17, 15) is 8.42 Å². The first kappa shape index (κ1) is 20.7. The van der Waals surface area contributed by atoms with Crippen LogP contribution in [0.3, 0.4) is 0 Å². The summed E-state index contributed by atoms with van der Waals surface area (Å²) in [5, 5.41) is 2.91. The summed E-state index contributed by atoms with van der Waals surface area (Å²) in [5.41, 5.74) is 2.78. The van der Waals surface area contributed by atoms with Crippen molar-refractivity contribution in [2.24, 2.45) is 0 Å². The Balaban J connectivity index is 1.77. The highest BCUT2D eigenvalue weighted by atomic mass is 35.5. The number of halogens is 1. The van der Waals surface area contributed by atoms with Crippen LogP contribution >= 0.6 is 11.6 Å². The molecule has 0 atom stereocenters. The Morgan fingerprint density at radius 3 is 2.43 bits per heavy atom. The minimum Gasteiger partial charge on any atom is -0.361 e. The van der Waals surface area contributed by atoms with E-state index in [1.165, 1.54) is 9.87 Å². The zero-order valence-electron chi connectivity index (χ0n) is 17.2. The molecular formula is C23H24ClN3O2S. The number of anilines is 1. The first-order valence-corrected chi connectivity index (χ1v) is 11.5. The first-order chi connectivity index (χ1) is 14.3. The van der Waals surface area contributed by atoms with Gasteiger partial charge in [0.05, 0.1) is 10.6 Å². The molecule has 0 saturated carbocycles. The molecule has 5 nitrogen and oxygen atoms in total. The Hall–Kier alpha value is -2.54. The van der Waals surface area contributed by atoms with Crippen molar-refractivity contribution in [3.05, 3.63) is 71.4 Å². The van der Waals surface area contributed by atoms with Crippen molar-refractivity contribution in [3.8, 4) is 0 Å². The molecule has 0 fully saturated rings. The van der Waals surface area contributed by atoms with E-state index in [1.807, 2.05) is 44.6 Å². The van der Waals surface area contributed by atoms with Crippen LogP contribution in [0, 0.1) is 0 Å². The van der Waals surface area contributed by atoms with Crippen molar-refractivity contribution >= 4 is 49.0 Å². The van der Waals surface area contributed by atoms with Gasteiger partial charge in [0, 0.05) is 46.5 Å². The van der Waals surface area contributed by atoms with E-state index in [-0.39, 0.29) is 4.90 Å². The summed E-state index contributed by atoms with van der Waals surface area (Å²) in [7, 11) is 1.90. The minimum absolute atomic E-state index is 0.243. The molecule has 30 heavy (non-hydrogen) atoms. The lowest BCUT2D eigenvalue weighted by Gasteiger charge is -2.21. The Labute approximate surface area is 181 Å². The van der Waals surface area contributed by atoms with Crippen molar-refractivity contribution in [1.29, 1.82) is 0 Å². The quantitative estimate of drug-likeness (QED) is 0.462. The molecule has 0 aliphatic heterocycles. The van der Waals surface area contributed by atoms with Gasteiger partial charge >= 0.3 is 0 Å². The molecule has 0 aliphatic carbocycles. The molecule has 156 valence electrons. The van der Waals surface area contributed by atoms with Gasteiger partial charge in [-0.25, -0.2) is 8.42 Å². The van der Waals surface area contributed by atoms with Crippen LogP contribution < -0.4 is 4.31 Å². The molecule has 1 aromatic heterocycles. The molecule has 0 amide bonds. The lowest BCUT2D eigenvalue weighted by Crippen LogP contribution is -2.26. The van der Waals surface area contributed by atoms with Gasteiger partial charge in [-0.2, -0.15) is 0 Å². The molecule has 1 N–H and O–H groups in total. The Morgan fingerprint density at radius 2 is 1.67 bits per heavy atom. The summed E-state index contributed by atoms with van der Waals surface area (Å²) >= 11 is 6.28. The highest BCUT2D eigenvalue weighted by Crippen LogP contribution is 2.33. The topological polar surface area (TPSA) is 56.4 Å². The molecule has 1 heterocycles. The van der Waals surface area contributed by atoms with Crippen molar-refractivity contribution in [2.45, 2.75) is 11.3 Å². The maximum atomic E-state index is 13.5. The number of aromatic nitrogens is 1. The average Bonchev–Trinajstić information content (AvgIpc) is 3.13. The zero-order valence-corrected chi connectivity index (χ0v) is 18.8. The summed E-state index contributed by atoms with van der Waals surface area (Å²) in [6, 6.07) is 16.2. The molecule has 0 aliphatic rings. The van der Waals surface area contributed by atoms with Crippen LogP contribution in [-0.4, -0.2) is 46.0 Å². The summed E-state index contributed by atoms with van der Waals surface area (Å²) < 4.78 is 28.3. The fourth-order valence-electron chi connectivity index (χ4n) is 3.67. The van der Waals surface area contributed by atoms with Gasteiger partial charge in [-0.15, -0.1) is 0 Å². The van der Waals surface area contributed by atoms with E-state index in [0.29, 0.717) is 16.1 Å². The summed E-state index contributed by atoms with van der Waals surface area (Å²) in [6.45, 7) is 0.919. The molecule has 4 aromatic rings. The number of hydrogen-bond acceptors (Lipinski definition) is 3. The van der Waals surface area contributed by atoms with Crippen LogP contribution in [0.2, 0.25) is 5.02 Å². The number of fused-ring (bicyclic) bond motifs is 2. The summed E-state index contributed by atoms with van der Waals surface area (Å²) in [4.78, 5) is 5.65. The molecule has 0 unspecified atom stereocenters.